The number of fused-ring (bicyclic) bond motifs is 2. The number of esters is 1. The van der Waals surface area contributed by atoms with Crippen molar-refractivity contribution in [3.63, 3.8) is 0 Å². The number of ether oxygens (including phenoxy) is 4. The second-order valence-corrected chi connectivity index (χ2v) is 9.85. The summed E-state index contributed by atoms with van der Waals surface area (Å²) in [6, 6.07) is 6.39. The molecule has 0 aliphatic carbocycles. The quantitative estimate of drug-likeness (QED) is 0.412. The summed E-state index contributed by atoms with van der Waals surface area (Å²) in [4.78, 5) is 15.3. The standard InChI is InChI=1S/C26H36N2O5/c1-5-17-15-28-12-11-25-10-7-13-33-26(25,27-20-8-6-9-21(31-3)23(20)25)22(28)14-18(17)19(16-30-2)24(29)32-4/h6,8-9,16-18,22,27H,5,7,10-15H2,1-4H3/b19-16+/t17-,18+,22+,25-,26+/m1/s1. The summed E-state index contributed by atoms with van der Waals surface area (Å²) < 4.78 is 23.2. The van der Waals surface area contributed by atoms with Gasteiger partial charge in [-0.1, -0.05) is 19.4 Å². The molecule has 5 rings (SSSR count). The zero-order valence-corrected chi connectivity index (χ0v) is 20.2. The third kappa shape index (κ3) is 3.12. The molecule has 0 radical (unpaired) electrons. The Balaban J connectivity index is 1.60. The summed E-state index contributed by atoms with van der Waals surface area (Å²) in [6.07, 6.45) is 6.52. The molecule has 3 saturated heterocycles. The monoisotopic (exact) mass is 456 g/mol. The lowest BCUT2D eigenvalue weighted by atomic mass is 9.59. The van der Waals surface area contributed by atoms with Gasteiger partial charge in [0.1, 0.15) is 5.75 Å². The van der Waals surface area contributed by atoms with Crippen molar-refractivity contribution in [2.75, 3.05) is 46.3 Å². The second-order valence-electron chi connectivity index (χ2n) is 9.85. The highest BCUT2D eigenvalue weighted by molar-refractivity contribution is 5.88. The van der Waals surface area contributed by atoms with Crippen molar-refractivity contribution in [2.45, 2.75) is 56.2 Å². The van der Waals surface area contributed by atoms with Crippen LogP contribution in [0.4, 0.5) is 5.69 Å². The lowest BCUT2D eigenvalue weighted by molar-refractivity contribution is -0.194. The number of methoxy groups -OCH3 is 3. The molecule has 4 heterocycles. The normalized spacial score (nSPS) is 35.4. The van der Waals surface area contributed by atoms with Gasteiger partial charge in [0.2, 0.25) is 0 Å². The largest absolute Gasteiger partial charge is 0.504 e. The fourth-order valence-corrected chi connectivity index (χ4v) is 7.30. The highest BCUT2D eigenvalue weighted by Gasteiger charge is 2.68. The van der Waals surface area contributed by atoms with Gasteiger partial charge in [0, 0.05) is 24.4 Å². The van der Waals surface area contributed by atoms with Crippen LogP contribution in [-0.2, 0) is 24.4 Å². The molecule has 0 unspecified atom stereocenters. The van der Waals surface area contributed by atoms with Crippen molar-refractivity contribution < 1.29 is 23.7 Å². The van der Waals surface area contributed by atoms with Crippen LogP contribution < -0.4 is 10.1 Å². The predicted octanol–water partition coefficient (Wildman–Crippen LogP) is 3.69. The Hall–Kier alpha value is -2.25. The SMILES string of the molecule is CC[C@@H]1CN2CC[C@@]34CCCO[C@@]3(Nc3cccc(OC)c34)[C@@H]2C[C@@H]1/C(=C\OC)C(=O)OC. The van der Waals surface area contributed by atoms with Gasteiger partial charge in [0.25, 0.3) is 0 Å². The molecule has 0 bridgehead atoms. The van der Waals surface area contributed by atoms with Gasteiger partial charge in [-0.2, -0.15) is 0 Å². The van der Waals surface area contributed by atoms with Crippen LogP contribution in [0.15, 0.2) is 30.0 Å². The van der Waals surface area contributed by atoms with Crippen molar-refractivity contribution in [3.8, 4) is 5.75 Å². The molecule has 0 amide bonds. The number of anilines is 1. The van der Waals surface area contributed by atoms with Crippen LogP contribution in [0.5, 0.6) is 5.75 Å². The average molecular weight is 457 g/mol. The summed E-state index contributed by atoms with van der Waals surface area (Å²) >= 11 is 0. The van der Waals surface area contributed by atoms with E-state index in [4.69, 9.17) is 18.9 Å². The van der Waals surface area contributed by atoms with Crippen LogP contribution in [0.3, 0.4) is 0 Å². The first-order chi connectivity index (χ1) is 16.0. The minimum absolute atomic E-state index is 0.0479. The molecular formula is C26H36N2O5. The molecule has 3 fully saturated rings. The molecule has 0 aromatic heterocycles. The zero-order valence-electron chi connectivity index (χ0n) is 20.2. The number of benzene rings is 1. The molecule has 0 spiro atoms. The molecule has 180 valence electrons. The van der Waals surface area contributed by atoms with E-state index in [2.05, 4.69) is 29.3 Å². The first kappa shape index (κ1) is 22.5. The molecule has 0 saturated carbocycles. The van der Waals surface area contributed by atoms with Crippen LogP contribution >= 0.6 is 0 Å². The first-order valence-corrected chi connectivity index (χ1v) is 12.2. The number of piperidine rings is 2. The van der Waals surface area contributed by atoms with Gasteiger partial charge in [-0.15, -0.1) is 0 Å². The molecule has 4 aliphatic heterocycles. The van der Waals surface area contributed by atoms with Crippen LogP contribution in [0.1, 0.15) is 44.6 Å². The van der Waals surface area contributed by atoms with Crippen LogP contribution in [0.25, 0.3) is 0 Å². The van der Waals surface area contributed by atoms with Crippen LogP contribution in [0, 0.1) is 11.8 Å². The van der Waals surface area contributed by atoms with Gasteiger partial charge in [-0.3, -0.25) is 4.90 Å². The van der Waals surface area contributed by atoms with Crippen molar-refractivity contribution >= 4 is 11.7 Å². The van der Waals surface area contributed by atoms with E-state index < -0.39 is 5.72 Å². The highest BCUT2D eigenvalue weighted by Crippen LogP contribution is 2.63. The minimum atomic E-state index is -0.536. The third-order valence-electron chi connectivity index (χ3n) is 8.67. The van der Waals surface area contributed by atoms with Crippen LogP contribution in [-0.4, -0.2) is 63.7 Å². The topological polar surface area (TPSA) is 69.3 Å². The van der Waals surface area contributed by atoms with Crippen LogP contribution in [0.2, 0.25) is 0 Å². The second kappa shape index (κ2) is 8.51. The molecular weight excluding hydrogens is 420 g/mol. The number of carbonyl (C=O) groups is 1. The summed E-state index contributed by atoms with van der Waals surface area (Å²) in [5.41, 5.74) is 2.33. The van der Waals surface area contributed by atoms with Crippen molar-refractivity contribution in [2.24, 2.45) is 11.8 Å². The number of hydrogen-bond acceptors (Lipinski definition) is 7. The Morgan fingerprint density at radius 3 is 2.88 bits per heavy atom. The molecule has 7 nitrogen and oxygen atoms in total. The van der Waals surface area contributed by atoms with Crippen molar-refractivity contribution in [1.29, 1.82) is 0 Å². The molecule has 1 N–H and O–H groups in total. The number of nitrogens with one attached hydrogen (secondary N) is 1. The maximum absolute atomic E-state index is 12.7. The van der Waals surface area contributed by atoms with Gasteiger partial charge in [-0.05, 0) is 56.2 Å². The number of carbonyl (C=O) groups excluding carboxylic acids is 1. The van der Waals surface area contributed by atoms with E-state index in [1.807, 2.05) is 6.07 Å². The Bertz CT molecular complexity index is 949. The maximum Gasteiger partial charge on any atom is 0.337 e. The van der Waals surface area contributed by atoms with Gasteiger partial charge >= 0.3 is 5.97 Å². The summed E-state index contributed by atoms with van der Waals surface area (Å²) in [6.45, 7) is 4.88. The fraction of sp³-hybridized carbons (Fsp3) is 0.654. The Kier molecular flexibility index (Phi) is 5.81. The van der Waals surface area contributed by atoms with E-state index in [-0.39, 0.29) is 23.3 Å². The first-order valence-electron chi connectivity index (χ1n) is 12.2. The molecule has 4 aliphatic rings. The minimum Gasteiger partial charge on any atom is -0.504 e. The Morgan fingerprint density at radius 2 is 2.15 bits per heavy atom. The van der Waals surface area contributed by atoms with Gasteiger partial charge in [0.15, 0.2) is 5.72 Å². The average Bonchev–Trinajstić information content (AvgIpc) is 3.18. The summed E-state index contributed by atoms with van der Waals surface area (Å²) in [5.74, 6) is 1.04. The van der Waals surface area contributed by atoms with E-state index in [0.29, 0.717) is 11.5 Å². The lowest BCUT2D eigenvalue weighted by Gasteiger charge is -2.62. The summed E-state index contributed by atoms with van der Waals surface area (Å²) in [5, 5.41) is 3.87. The van der Waals surface area contributed by atoms with Gasteiger partial charge in [0.05, 0.1) is 44.6 Å². The Morgan fingerprint density at radius 1 is 1.30 bits per heavy atom. The zero-order chi connectivity index (χ0) is 23.2. The lowest BCUT2D eigenvalue weighted by Crippen LogP contribution is -2.74. The molecule has 1 aromatic rings. The molecule has 33 heavy (non-hydrogen) atoms. The molecule has 7 heteroatoms. The van der Waals surface area contributed by atoms with E-state index in [0.717, 1.165) is 63.2 Å². The van der Waals surface area contributed by atoms with E-state index in [1.54, 1.807) is 20.5 Å². The van der Waals surface area contributed by atoms with Gasteiger partial charge in [-0.25, -0.2) is 4.79 Å². The number of rotatable bonds is 5. The fourth-order valence-electron chi connectivity index (χ4n) is 7.30. The number of hydrogen-bond donors (Lipinski definition) is 1. The smallest absolute Gasteiger partial charge is 0.337 e. The maximum atomic E-state index is 12.7. The summed E-state index contributed by atoms with van der Waals surface area (Å²) in [7, 11) is 4.79. The van der Waals surface area contributed by atoms with Crippen molar-refractivity contribution in [3.05, 3.63) is 35.6 Å². The Labute approximate surface area is 196 Å². The molecule has 1 aromatic carbocycles. The van der Waals surface area contributed by atoms with E-state index >= 15 is 0 Å². The molecule has 5 atom stereocenters. The number of nitrogens with zero attached hydrogens (tertiary/aromatic N) is 1. The van der Waals surface area contributed by atoms with E-state index in [9.17, 15) is 4.79 Å². The highest BCUT2D eigenvalue weighted by atomic mass is 16.5. The van der Waals surface area contributed by atoms with E-state index in [1.165, 1.54) is 12.7 Å². The third-order valence-corrected chi connectivity index (χ3v) is 8.67. The van der Waals surface area contributed by atoms with Crippen molar-refractivity contribution in [1.82, 2.24) is 4.90 Å². The van der Waals surface area contributed by atoms with Gasteiger partial charge < -0.3 is 24.3 Å². The predicted molar refractivity (Wildman–Crippen MR) is 125 cm³/mol.